The first-order chi connectivity index (χ1) is 9.08. The summed E-state index contributed by atoms with van der Waals surface area (Å²) in [6.07, 6.45) is 0. The van der Waals surface area contributed by atoms with Gasteiger partial charge in [-0.3, -0.25) is 9.59 Å². The van der Waals surface area contributed by atoms with Crippen LogP contribution in [0.2, 0.25) is 10.0 Å². The molecule has 0 heterocycles. The number of benzene rings is 2. The fourth-order valence-corrected chi connectivity index (χ4v) is 2.00. The van der Waals surface area contributed by atoms with Gasteiger partial charge in [-0.05, 0) is 30.3 Å². The Morgan fingerprint density at radius 3 is 2.26 bits per heavy atom. The van der Waals surface area contributed by atoms with E-state index in [1.807, 2.05) is 6.07 Å². The summed E-state index contributed by atoms with van der Waals surface area (Å²) in [7, 11) is 0. The van der Waals surface area contributed by atoms with E-state index in [1.165, 1.54) is 18.2 Å². The summed E-state index contributed by atoms with van der Waals surface area (Å²) in [5, 5.41) is 3.06. The minimum Gasteiger partial charge on any atom is -0.319 e. The molecule has 0 aliphatic heterocycles. The van der Waals surface area contributed by atoms with E-state index in [4.69, 9.17) is 23.2 Å². The van der Waals surface area contributed by atoms with Crippen LogP contribution >= 0.6 is 23.2 Å². The molecule has 0 spiro atoms. The van der Waals surface area contributed by atoms with Crippen molar-refractivity contribution in [2.24, 2.45) is 0 Å². The molecule has 0 aromatic heterocycles. The van der Waals surface area contributed by atoms with Crippen molar-refractivity contribution in [3.8, 4) is 0 Å². The lowest BCUT2D eigenvalue weighted by atomic mass is 10.1. The zero-order valence-corrected chi connectivity index (χ0v) is 11.2. The molecule has 0 saturated carbocycles. The van der Waals surface area contributed by atoms with Gasteiger partial charge < -0.3 is 5.32 Å². The van der Waals surface area contributed by atoms with Gasteiger partial charge in [0.15, 0.2) is 0 Å². The Balaban J connectivity index is 2.18. The smallest absolute Gasteiger partial charge is 0.296 e. The lowest BCUT2D eigenvalue weighted by molar-refractivity contribution is -0.112. The summed E-state index contributed by atoms with van der Waals surface area (Å²) < 4.78 is 0. The fourth-order valence-electron chi connectivity index (χ4n) is 1.51. The number of para-hydroxylation sites is 1. The van der Waals surface area contributed by atoms with Crippen LogP contribution in [0.15, 0.2) is 48.5 Å². The van der Waals surface area contributed by atoms with Gasteiger partial charge in [0.25, 0.3) is 11.7 Å². The van der Waals surface area contributed by atoms with Crippen molar-refractivity contribution >= 4 is 40.6 Å². The summed E-state index contributed by atoms with van der Waals surface area (Å²) in [4.78, 5) is 23.7. The van der Waals surface area contributed by atoms with Crippen LogP contribution in [0.4, 0.5) is 5.69 Å². The number of halogens is 2. The van der Waals surface area contributed by atoms with Crippen LogP contribution in [-0.2, 0) is 4.79 Å². The van der Waals surface area contributed by atoms with E-state index < -0.39 is 11.7 Å². The molecule has 0 radical (unpaired) electrons. The minimum absolute atomic E-state index is 0.125. The van der Waals surface area contributed by atoms with Gasteiger partial charge in [-0.1, -0.05) is 41.4 Å². The molecule has 0 atom stereocenters. The largest absolute Gasteiger partial charge is 0.319 e. The van der Waals surface area contributed by atoms with Crippen LogP contribution in [-0.4, -0.2) is 11.7 Å². The quantitative estimate of drug-likeness (QED) is 0.691. The summed E-state index contributed by atoms with van der Waals surface area (Å²) >= 11 is 11.6. The predicted octanol–water partition coefficient (Wildman–Crippen LogP) is 3.81. The van der Waals surface area contributed by atoms with E-state index >= 15 is 0 Å². The number of carbonyl (C=O) groups excluding carboxylic acids is 2. The van der Waals surface area contributed by atoms with Gasteiger partial charge in [-0.2, -0.15) is 0 Å². The highest BCUT2D eigenvalue weighted by Gasteiger charge is 2.19. The lowest BCUT2D eigenvalue weighted by Crippen LogP contribution is -2.23. The molecular formula is C14H9Cl2NO2. The van der Waals surface area contributed by atoms with Crippen molar-refractivity contribution in [3.05, 3.63) is 64.1 Å². The Morgan fingerprint density at radius 2 is 1.63 bits per heavy atom. The number of nitrogens with one attached hydrogen (secondary N) is 1. The number of anilines is 1. The molecule has 3 nitrogen and oxygen atoms in total. The third-order valence-corrected chi connectivity index (χ3v) is 2.96. The minimum atomic E-state index is -0.740. The first-order valence-electron chi connectivity index (χ1n) is 5.43. The molecule has 0 unspecified atom stereocenters. The SMILES string of the molecule is O=C(Nc1ccccc1)C(=O)c1ccc(Cl)cc1Cl. The van der Waals surface area contributed by atoms with Crippen LogP contribution in [0.25, 0.3) is 0 Å². The van der Waals surface area contributed by atoms with Gasteiger partial charge in [0.05, 0.1) is 5.02 Å². The van der Waals surface area contributed by atoms with Gasteiger partial charge in [0.2, 0.25) is 0 Å². The van der Waals surface area contributed by atoms with E-state index in [1.54, 1.807) is 24.3 Å². The molecule has 2 aromatic carbocycles. The number of Topliss-reactive ketones (excluding diaryl/α,β-unsaturated/α-hetero) is 1. The molecular weight excluding hydrogens is 285 g/mol. The van der Waals surface area contributed by atoms with Crippen LogP contribution < -0.4 is 5.32 Å². The van der Waals surface area contributed by atoms with Crippen molar-refractivity contribution in [1.29, 1.82) is 0 Å². The summed E-state index contributed by atoms with van der Waals surface area (Å²) in [5.74, 6) is -1.44. The Hall–Kier alpha value is -1.84. The number of amides is 1. The molecule has 2 aromatic rings. The molecule has 96 valence electrons. The highest BCUT2D eigenvalue weighted by atomic mass is 35.5. The van der Waals surface area contributed by atoms with Gasteiger partial charge >= 0.3 is 0 Å². The lowest BCUT2D eigenvalue weighted by Gasteiger charge is -2.05. The number of hydrogen-bond donors (Lipinski definition) is 1. The van der Waals surface area contributed by atoms with Gasteiger partial charge in [0, 0.05) is 16.3 Å². The molecule has 0 fully saturated rings. The van der Waals surface area contributed by atoms with Gasteiger partial charge in [-0.25, -0.2) is 0 Å². The van der Waals surface area contributed by atoms with Gasteiger partial charge in [0.1, 0.15) is 0 Å². The molecule has 0 aliphatic rings. The normalized spacial score (nSPS) is 10.0. The van der Waals surface area contributed by atoms with Crippen LogP contribution in [0.1, 0.15) is 10.4 Å². The first-order valence-corrected chi connectivity index (χ1v) is 6.19. The number of carbonyl (C=O) groups is 2. The third kappa shape index (κ3) is 3.34. The fraction of sp³-hybridized carbons (Fsp3) is 0. The topological polar surface area (TPSA) is 46.2 Å². The van der Waals surface area contributed by atoms with E-state index in [0.717, 1.165) is 0 Å². The average molecular weight is 294 g/mol. The second-order valence-corrected chi connectivity index (χ2v) is 4.62. The number of ketones is 1. The Kier molecular flexibility index (Phi) is 4.20. The first kappa shape index (κ1) is 13.6. The Morgan fingerprint density at radius 1 is 0.947 bits per heavy atom. The van der Waals surface area contributed by atoms with E-state index in [0.29, 0.717) is 10.7 Å². The van der Waals surface area contributed by atoms with Crippen molar-refractivity contribution in [2.45, 2.75) is 0 Å². The van der Waals surface area contributed by atoms with E-state index in [2.05, 4.69) is 5.32 Å². The molecule has 1 N–H and O–H groups in total. The molecule has 1 amide bonds. The summed E-state index contributed by atoms with van der Waals surface area (Å²) in [6.45, 7) is 0. The standard InChI is InChI=1S/C14H9Cl2NO2/c15-9-6-7-11(12(16)8-9)13(18)14(19)17-10-4-2-1-3-5-10/h1-8H,(H,17,19). The van der Waals surface area contributed by atoms with Crippen molar-refractivity contribution in [3.63, 3.8) is 0 Å². The summed E-state index contributed by atoms with van der Waals surface area (Å²) in [5.41, 5.74) is 0.672. The summed E-state index contributed by atoms with van der Waals surface area (Å²) in [6, 6.07) is 13.1. The maximum Gasteiger partial charge on any atom is 0.296 e. The highest BCUT2D eigenvalue weighted by Crippen LogP contribution is 2.21. The van der Waals surface area contributed by atoms with Crippen molar-refractivity contribution in [1.82, 2.24) is 0 Å². The maximum atomic E-state index is 11.9. The molecule has 0 bridgehead atoms. The van der Waals surface area contributed by atoms with Crippen molar-refractivity contribution < 1.29 is 9.59 Å². The highest BCUT2D eigenvalue weighted by molar-refractivity contribution is 6.50. The van der Waals surface area contributed by atoms with Crippen LogP contribution in [0.5, 0.6) is 0 Å². The molecule has 19 heavy (non-hydrogen) atoms. The van der Waals surface area contributed by atoms with E-state index in [9.17, 15) is 9.59 Å². The molecule has 0 aliphatic carbocycles. The second kappa shape index (κ2) is 5.87. The van der Waals surface area contributed by atoms with Crippen LogP contribution in [0.3, 0.4) is 0 Å². The number of rotatable bonds is 3. The Labute approximate surface area is 120 Å². The van der Waals surface area contributed by atoms with Crippen LogP contribution in [0, 0.1) is 0 Å². The second-order valence-electron chi connectivity index (χ2n) is 3.77. The number of hydrogen-bond acceptors (Lipinski definition) is 2. The third-order valence-electron chi connectivity index (χ3n) is 2.41. The zero-order valence-electron chi connectivity index (χ0n) is 9.69. The van der Waals surface area contributed by atoms with Crippen molar-refractivity contribution in [2.75, 3.05) is 5.32 Å². The molecule has 0 saturated heterocycles. The zero-order chi connectivity index (χ0) is 13.8. The van der Waals surface area contributed by atoms with Gasteiger partial charge in [-0.15, -0.1) is 0 Å². The Bertz CT molecular complexity index is 627. The molecule has 5 heteroatoms. The van der Waals surface area contributed by atoms with E-state index in [-0.39, 0.29) is 10.6 Å². The predicted molar refractivity (Wildman–Crippen MR) is 75.9 cm³/mol. The monoisotopic (exact) mass is 293 g/mol. The average Bonchev–Trinajstić information content (AvgIpc) is 2.39. The maximum absolute atomic E-state index is 11.9. The molecule has 2 rings (SSSR count).